The molecule has 0 saturated heterocycles. The number of aryl methyl sites for hydroxylation is 1. The Morgan fingerprint density at radius 1 is 1.47 bits per heavy atom. The van der Waals surface area contributed by atoms with Gasteiger partial charge in [-0.05, 0) is 37.3 Å². The minimum atomic E-state index is -0.913. The minimum Gasteiger partial charge on any atom is -0.478 e. The molecule has 0 aromatic carbocycles. The Kier molecular flexibility index (Phi) is 4.77. The number of hydrogen-bond acceptors (Lipinski definition) is 3. The first kappa shape index (κ1) is 13.8. The lowest BCUT2D eigenvalue weighted by atomic mass is 10.0. The molecule has 2 N–H and O–H groups in total. The zero-order valence-electron chi connectivity index (χ0n) is 11.5. The van der Waals surface area contributed by atoms with Crippen molar-refractivity contribution in [1.29, 1.82) is 0 Å². The van der Waals surface area contributed by atoms with Crippen LogP contribution in [0, 0.1) is 12.8 Å². The van der Waals surface area contributed by atoms with Crippen molar-refractivity contribution < 1.29 is 9.90 Å². The first-order chi connectivity index (χ1) is 9.18. The number of anilines is 1. The smallest absolute Gasteiger partial charge is 0.339 e. The number of nitrogens with one attached hydrogen (secondary N) is 1. The van der Waals surface area contributed by atoms with Crippen molar-refractivity contribution >= 4 is 11.8 Å². The number of hydrogen-bond donors (Lipinski definition) is 2. The molecule has 4 heteroatoms. The average Bonchev–Trinajstić information content (AvgIpc) is 2.87. The highest BCUT2D eigenvalue weighted by Gasteiger charge is 2.16. The maximum atomic E-state index is 11.2. The highest BCUT2D eigenvalue weighted by molar-refractivity contribution is 5.94. The third kappa shape index (κ3) is 3.69. The summed E-state index contributed by atoms with van der Waals surface area (Å²) in [6.07, 6.45) is 9.45. The van der Waals surface area contributed by atoms with E-state index in [2.05, 4.69) is 10.3 Å². The van der Waals surface area contributed by atoms with Crippen LogP contribution >= 0.6 is 0 Å². The first-order valence-electron chi connectivity index (χ1n) is 7.11. The van der Waals surface area contributed by atoms with E-state index in [1.165, 1.54) is 32.1 Å². The van der Waals surface area contributed by atoms with Gasteiger partial charge in [-0.1, -0.05) is 25.7 Å². The Balaban J connectivity index is 1.85. The Hall–Kier alpha value is -1.58. The van der Waals surface area contributed by atoms with E-state index in [4.69, 9.17) is 0 Å². The molecule has 0 spiro atoms. The molecule has 104 valence electrons. The largest absolute Gasteiger partial charge is 0.478 e. The average molecular weight is 262 g/mol. The highest BCUT2D eigenvalue weighted by atomic mass is 16.4. The van der Waals surface area contributed by atoms with E-state index >= 15 is 0 Å². The molecule has 1 aliphatic rings. The number of rotatable bonds is 6. The van der Waals surface area contributed by atoms with Gasteiger partial charge in [0, 0.05) is 12.7 Å². The zero-order valence-corrected chi connectivity index (χ0v) is 11.5. The summed E-state index contributed by atoms with van der Waals surface area (Å²) in [6.45, 7) is 2.60. The van der Waals surface area contributed by atoms with Crippen molar-refractivity contribution in [3.8, 4) is 0 Å². The van der Waals surface area contributed by atoms with Gasteiger partial charge in [-0.25, -0.2) is 9.78 Å². The fourth-order valence-electron chi connectivity index (χ4n) is 2.86. The van der Waals surface area contributed by atoms with E-state index in [-0.39, 0.29) is 0 Å². The number of carboxylic acids is 1. The third-order valence-corrected chi connectivity index (χ3v) is 3.93. The molecule has 1 saturated carbocycles. The Morgan fingerprint density at radius 2 is 2.21 bits per heavy atom. The molecule has 1 fully saturated rings. The Bertz CT molecular complexity index is 440. The summed E-state index contributed by atoms with van der Waals surface area (Å²) >= 11 is 0. The van der Waals surface area contributed by atoms with Gasteiger partial charge in [-0.15, -0.1) is 0 Å². The van der Waals surface area contributed by atoms with E-state index < -0.39 is 5.97 Å². The number of aromatic carboxylic acids is 1. The van der Waals surface area contributed by atoms with Crippen LogP contribution in [-0.4, -0.2) is 22.6 Å². The van der Waals surface area contributed by atoms with Gasteiger partial charge in [0.25, 0.3) is 0 Å². The van der Waals surface area contributed by atoms with Gasteiger partial charge < -0.3 is 10.4 Å². The molecule has 1 aromatic heterocycles. The topological polar surface area (TPSA) is 62.2 Å². The van der Waals surface area contributed by atoms with Gasteiger partial charge in [0.05, 0.1) is 0 Å². The van der Waals surface area contributed by atoms with Crippen molar-refractivity contribution in [1.82, 2.24) is 4.98 Å². The van der Waals surface area contributed by atoms with Crippen LogP contribution in [0.15, 0.2) is 12.3 Å². The van der Waals surface area contributed by atoms with Crippen LogP contribution in [0.4, 0.5) is 5.82 Å². The second-order valence-corrected chi connectivity index (χ2v) is 5.38. The molecule has 1 aliphatic carbocycles. The SMILES string of the molecule is Cc1ccnc(NCCCC2CCCC2)c1C(=O)O. The summed E-state index contributed by atoms with van der Waals surface area (Å²) in [7, 11) is 0. The number of carbonyl (C=O) groups is 1. The molecule has 1 aromatic rings. The van der Waals surface area contributed by atoms with Crippen LogP contribution < -0.4 is 5.32 Å². The Morgan fingerprint density at radius 3 is 2.89 bits per heavy atom. The molecule has 0 bridgehead atoms. The van der Waals surface area contributed by atoms with Crippen LogP contribution in [0.2, 0.25) is 0 Å². The second kappa shape index (κ2) is 6.55. The summed E-state index contributed by atoms with van der Waals surface area (Å²) in [5, 5.41) is 12.4. The number of aromatic nitrogens is 1. The summed E-state index contributed by atoms with van der Waals surface area (Å²) in [6, 6.07) is 1.73. The van der Waals surface area contributed by atoms with E-state index in [0.29, 0.717) is 11.4 Å². The summed E-state index contributed by atoms with van der Waals surface area (Å²) in [5.74, 6) is 0.467. The molecule has 2 rings (SSSR count). The van der Waals surface area contributed by atoms with Crippen molar-refractivity contribution in [2.45, 2.75) is 45.4 Å². The lowest BCUT2D eigenvalue weighted by Gasteiger charge is -2.12. The first-order valence-corrected chi connectivity index (χ1v) is 7.11. The van der Waals surface area contributed by atoms with Crippen molar-refractivity contribution in [3.05, 3.63) is 23.4 Å². The fraction of sp³-hybridized carbons (Fsp3) is 0.600. The highest BCUT2D eigenvalue weighted by Crippen LogP contribution is 2.28. The van der Waals surface area contributed by atoms with E-state index in [1.54, 1.807) is 19.2 Å². The fourth-order valence-corrected chi connectivity index (χ4v) is 2.86. The number of pyridine rings is 1. The van der Waals surface area contributed by atoms with Gasteiger partial charge in [0.1, 0.15) is 11.4 Å². The van der Waals surface area contributed by atoms with Crippen molar-refractivity contribution in [2.75, 3.05) is 11.9 Å². The standard InChI is InChI=1S/C15H22N2O2/c1-11-8-10-17-14(13(11)15(18)19)16-9-4-7-12-5-2-3-6-12/h8,10,12H,2-7,9H2,1H3,(H,16,17)(H,18,19). The van der Waals surface area contributed by atoms with Crippen LogP contribution in [0.3, 0.4) is 0 Å². The molecule has 19 heavy (non-hydrogen) atoms. The number of carboxylic acid groups (broad SMARTS) is 1. The molecule has 0 radical (unpaired) electrons. The third-order valence-electron chi connectivity index (χ3n) is 3.93. The van der Waals surface area contributed by atoms with Crippen molar-refractivity contribution in [3.63, 3.8) is 0 Å². The van der Waals surface area contributed by atoms with Crippen molar-refractivity contribution in [2.24, 2.45) is 5.92 Å². The van der Waals surface area contributed by atoms with E-state index in [0.717, 1.165) is 24.4 Å². The number of nitrogens with zero attached hydrogens (tertiary/aromatic N) is 1. The quantitative estimate of drug-likeness (QED) is 0.771. The maximum Gasteiger partial charge on any atom is 0.339 e. The maximum absolute atomic E-state index is 11.2. The summed E-state index contributed by atoms with van der Waals surface area (Å²) in [4.78, 5) is 15.3. The molecule has 0 unspecified atom stereocenters. The predicted octanol–water partition coefficient (Wildman–Crippen LogP) is 3.47. The van der Waals surface area contributed by atoms with Crippen LogP contribution in [-0.2, 0) is 0 Å². The summed E-state index contributed by atoms with van der Waals surface area (Å²) in [5.41, 5.74) is 1.05. The minimum absolute atomic E-state index is 0.295. The molecule has 0 amide bonds. The van der Waals surface area contributed by atoms with Gasteiger partial charge in [-0.2, -0.15) is 0 Å². The van der Waals surface area contributed by atoms with Gasteiger partial charge >= 0.3 is 5.97 Å². The molecular weight excluding hydrogens is 240 g/mol. The molecule has 1 heterocycles. The monoisotopic (exact) mass is 262 g/mol. The van der Waals surface area contributed by atoms with E-state index in [9.17, 15) is 9.90 Å². The van der Waals surface area contributed by atoms with Gasteiger partial charge in [0.15, 0.2) is 0 Å². The lowest BCUT2D eigenvalue weighted by Crippen LogP contribution is -2.11. The molecule has 4 nitrogen and oxygen atoms in total. The molecular formula is C15H22N2O2. The van der Waals surface area contributed by atoms with Crippen LogP contribution in [0.5, 0.6) is 0 Å². The zero-order chi connectivity index (χ0) is 13.7. The second-order valence-electron chi connectivity index (χ2n) is 5.38. The summed E-state index contributed by atoms with van der Waals surface area (Å²) < 4.78 is 0. The van der Waals surface area contributed by atoms with Gasteiger partial charge in [-0.3, -0.25) is 0 Å². The Labute approximate surface area is 114 Å². The van der Waals surface area contributed by atoms with E-state index in [1.807, 2.05) is 0 Å². The molecule has 0 atom stereocenters. The van der Waals surface area contributed by atoms with Crippen LogP contribution in [0.1, 0.15) is 54.4 Å². The predicted molar refractivity (Wildman–Crippen MR) is 75.6 cm³/mol. The molecule has 0 aliphatic heterocycles. The van der Waals surface area contributed by atoms with Crippen LogP contribution in [0.25, 0.3) is 0 Å². The normalized spacial score (nSPS) is 15.6. The lowest BCUT2D eigenvalue weighted by molar-refractivity contribution is 0.0697. The van der Waals surface area contributed by atoms with Gasteiger partial charge in [0.2, 0.25) is 0 Å².